The van der Waals surface area contributed by atoms with E-state index in [0.29, 0.717) is 18.5 Å². The van der Waals surface area contributed by atoms with Crippen LogP contribution in [0.25, 0.3) is 0 Å². The van der Waals surface area contributed by atoms with E-state index < -0.39 is 0 Å². The summed E-state index contributed by atoms with van der Waals surface area (Å²) in [6, 6.07) is 5.20. The van der Waals surface area contributed by atoms with E-state index in [0.717, 1.165) is 24.3 Å². The lowest BCUT2D eigenvalue weighted by Crippen LogP contribution is -2.37. The molecule has 0 bridgehead atoms. The van der Waals surface area contributed by atoms with Crippen molar-refractivity contribution in [1.82, 2.24) is 0 Å². The van der Waals surface area contributed by atoms with Crippen molar-refractivity contribution in [2.75, 3.05) is 31.2 Å². The highest BCUT2D eigenvalue weighted by Gasteiger charge is 2.17. The summed E-state index contributed by atoms with van der Waals surface area (Å²) in [4.78, 5) is 2.05. The zero-order valence-electron chi connectivity index (χ0n) is 8.38. The van der Waals surface area contributed by atoms with Crippen molar-refractivity contribution >= 4 is 21.6 Å². The van der Waals surface area contributed by atoms with Crippen LogP contribution in [0.4, 0.5) is 10.1 Å². The third-order valence-electron chi connectivity index (χ3n) is 2.54. The van der Waals surface area contributed by atoms with Crippen LogP contribution in [0.2, 0.25) is 0 Å². The van der Waals surface area contributed by atoms with Gasteiger partial charge in [-0.3, -0.25) is 0 Å². The molecular weight excluding hydrogens is 261 g/mol. The molecule has 1 fully saturated rings. The van der Waals surface area contributed by atoms with Gasteiger partial charge in [0.15, 0.2) is 0 Å². The Morgan fingerprint density at radius 1 is 1.33 bits per heavy atom. The number of hydrogen-bond donors (Lipinski definition) is 0. The van der Waals surface area contributed by atoms with Crippen LogP contribution in [0.3, 0.4) is 0 Å². The van der Waals surface area contributed by atoms with Crippen LogP contribution >= 0.6 is 15.9 Å². The SMILES string of the molecule is Fc1cccc(CBr)c1N1CCOCC1. The molecule has 0 saturated carbocycles. The maximum Gasteiger partial charge on any atom is 0.146 e. The van der Waals surface area contributed by atoms with Crippen LogP contribution in [0.5, 0.6) is 0 Å². The Labute approximate surface area is 97.2 Å². The van der Waals surface area contributed by atoms with E-state index in [-0.39, 0.29) is 5.82 Å². The fourth-order valence-electron chi connectivity index (χ4n) is 1.81. The molecule has 1 heterocycles. The van der Waals surface area contributed by atoms with Gasteiger partial charge in [0.2, 0.25) is 0 Å². The fourth-order valence-corrected chi connectivity index (χ4v) is 2.26. The predicted molar refractivity (Wildman–Crippen MR) is 62.1 cm³/mol. The summed E-state index contributed by atoms with van der Waals surface area (Å²) in [5, 5.41) is 0.678. The van der Waals surface area contributed by atoms with Crippen molar-refractivity contribution < 1.29 is 9.13 Å². The summed E-state index contributed by atoms with van der Waals surface area (Å²) in [6.45, 7) is 2.88. The highest BCUT2D eigenvalue weighted by molar-refractivity contribution is 9.08. The minimum absolute atomic E-state index is 0.145. The van der Waals surface area contributed by atoms with E-state index in [4.69, 9.17) is 4.74 Å². The zero-order chi connectivity index (χ0) is 10.7. The largest absolute Gasteiger partial charge is 0.378 e. The molecule has 1 aromatic carbocycles. The molecule has 1 aliphatic rings. The molecule has 0 atom stereocenters. The zero-order valence-corrected chi connectivity index (χ0v) is 9.96. The van der Waals surface area contributed by atoms with Crippen LogP contribution in [0.15, 0.2) is 18.2 Å². The molecule has 1 aromatic rings. The molecule has 0 spiro atoms. The molecule has 15 heavy (non-hydrogen) atoms. The molecule has 4 heteroatoms. The molecule has 0 radical (unpaired) electrons. The minimum atomic E-state index is -0.145. The van der Waals surface area contributed by atoms with Gasteiger partial charge in [0, 0.05) is 18.4 Å². The summed E-state index contributed by atoms with van der Waals surface area (Å²) in [5.41, 5.74) is 1.72. The second kappa shape index (κ2) is 4.94. The molecule has 0 N–H and O–H groups in total. The van der Waals surface area contributed by atoms with Gasteiger partial charge < -0.3 is 9.64 Å². The van der Waals surface area contributed by atoms with Crippen molar-refractivity contribution in [3.8, 4) is 0 Å². The Morgan fingerprint density at radius 3 is 2.73 bits per heavy atom. The summed E-state index contributed by atoms with van der Waals surface area (Å²) in [7, 11) is 0. The van der Waals surface area contributed by atoms with Crippen LogP contribution in [0.1, 0.15) is 5.56 Å². The van der Waals surface area contributed by atoms with Crippen molar-refractivity contribution in [1.29, 1.82) is 0 Å². The third kappa shape index (κ3) is 2.32. The van der Waals surface area contributed by atoms with Crippen LogP contribution < -0.4 is 4.90 Å². The number of rotatable bonds is 2. The minimum Gasteiger partial charge on any atom is -0.378 e. The van der Waals surface area contributed by atoms with Gasteiger partial charge in [-0.2, -0.15) is 0 Å². The Kier molecular flexibility index (Phi) is 3.59. The van der Waals surface area contributed by atoms with Gasteiger partial charge in [-0.15, -0.1) is 0 Å². The van der Waals surface area contributed by atoms with Crippen molar-refractivity contribution in [3.05, 3.63) is 29.6 Å². The molecule has 0 unspecified atom stereocenters. The number of halogens is 2. The standard InChI is InChI=1S/C11H13BrFNO/c12-8-9-2-1-3-10(13)11(9)14-4-6-15-7-5-14/h1-3H,4-8H2. The lowest BCUT2D eigenvalue weighted by atomic mass is 10.1. The molecule has 1 saturated heterocycles. The molecule has 2 nitrogen and oxygen atoms in total. The number of ether oxygens (including phenoxy) is 1. The van der Waals surface area contributed by atoms with Gasteiger partial charge in [0.1, 0.15) is 5.82 Å². The van der Waals surface area contributed by atoms with E-state index in [1.54, 1.807) is 6.07 Å². The summed E-state index contributed by atoms with van der Waals surface area (Å²) in [5.74, 6) is -0.145. The molecule has 82 valence electrons. The van der Waals surface area contributed by atoms with Gasteiger partial charge in [-0.1, -0.05) is 28.1 Å². The number of para-hydroxylation sites is 1. The average molecular weight is 274 g/mol. The Hall–Kier alpha value is -0.610. The van der Waals surface area contributed by atoms with Gasteiger partial charge in [0.05, 0.1) is 18.9 Å². The second-order valence-electron chi connectivity index (χ2n) is 3.48. The Morgan fingerprint density at radius 2 is 2.07 bits per heavy atom. The molecule has 2 rings (SSSR count). The van der Waals surface area contributed by atoms with E-state index in [9.17, 15) is 4.39 Å². The fraction of sp³-hybridized carbons (Fsp3) is 0.455. The number of nitrogens with zero attached hydrogens (tertiary/aromatic N) is 1. The van der Waals surface area contributed by atoms with Crippen molar-refractivity contribution in [2.45, 2.75) is 5.33 Å². The average Bonchev–Trinajstić information content (AvgIpc) is 2.29. The number of morpholine rings is 1. The quantitative estimate of drug-likeness (QED) is 0.768. The first-order valence-electron chi connectivity index (χ1n) is 4.99. The number of benzene rings is 1. The molecule has 0 amide bonds. The highest BCUT2D eigenvalue weighted by atomic mass is 79.9. The first kappa shape index (κ1) is 10.9. The van der Waals surface area contributed by atoms with E-state index in [2.05, 4.69) is 20.8 Å². The summed E-state index contributed by atoms with van der Waals surface area (Å²) >= 11 is 3.38. The number of alkyl halides is 1. The van der Waals surface area contributed by atoms with Crippen LogP contribution in [-0.4, -0.2) is 26.3 Å². The van der Waals surface area contributed by atoms with Crippen molar-refractivity contribution in [3.63, 3.8) is 0 Å². The Bertz CT molecular complexity index is 339. The lowest BCUT2D eigenvalue weighted by molar-refractivity contribution is 0.122. The van der Waals surface area contributed by atoms with Gasteiger partial charge in [0.25, 0.3) is 0 Å². The maximum absolute atomic E-state index is 13.7. The van der Waals surface area contributed by atoms with Gasteiger partial charge in [-0.05, 0) is 11.6 Å². The van der Waals surface area contributed by atoms with E-state index >= 15 is 0 Å². The van der Waals surface area contributed by atoms with Gasteiger partial charge >= 0.3 is 0 Å². The predicted octanol–water partition coefficient (Wildman–Crippen LogP) is 2.56. The lowest BCUT2D eigenvalue weighted by Gasteiger charge is -2.30. The van der Waals surface area contributed by atoms with E-state index in [1.807, 2.05) is 6.07 Å². The normalized spacial score (nSPS) is 16.8. The highest BCUT2D eigenvalue weighted by Crippen LogP contribution is 2.26. The summed E-state index contributed by atoms with van der Waals surface area (Å²) in [6.07, 6.45) is 0. The molecule has 0 aromatic heterocycles. The molecule has 1 aliphatic heterocycles. The Balaban J connectivity index is 2.31. The van der Waals surface area contributed by atoms with Crippen LogP contribution in [0, 0.1) is 5.82 Å². The number of anilines is 1. The molecule has 0 aliphatic carbocycles. The first-order chi connectivity index (χ1) is 7.33. The third-order valence-corrected chi connectivity index (χ3v) is 3.15. The van der Waals surface area contributed by atoms with Crippen LogP contribution in [-0.2, 0) is 10.1 Å². The topological polar surface area (TPSA) is 12.5 Å². The van der Waals surface area contributed by atoms with Gasteiger partial charge in [-0.25, -0.2) is 4.39 Å². The second-order valence-corrected chi connectivity index (χ2v) is 4.04. The van der Waals surface area contributed by atoms with E-state index in [1.165, 1.54) is 6.07 Å². The maximum atomic E-state index is 13.7. The molecular formula is C11H13BrFNO. The smallest absolute Gasteiger partial charge is 0.146 e. The number of hydrogen-bond acceptors (Lipinski definition) is 2. The summed E-state index contributed by atoms with van der Waals surface area (Å²) < 4.78 is 19.0. The monoisotopic (exact) mass is 273 g/mol. The first-order valence-corrected chi connectivity index (χ1v) is 6.11. The van der Waals surface area contributed by atoms with Crippen molar-refractivity contribution in [2.24, 2.45) is 0 Å².